The Morgan fingerprint density at radius 2 is 2.30 bits per heavy atom. The first-order valence-corrected chi connectivity index (χ1v) is 7.74. The highest BCUT2D eigenvalue weighted by Gasteiger charge is 2.36. The Kier molecular flexibility index (Phi) is 2.96. The van der Waals surface area contributed by atoms with E-state index in [0.29, 0.717) is 25.3 Å². The fourth-order valence-corrected chi connectivity index (χ4v) is 4.02. The summed E-state index contributed by atoms with van der Waals surface area (Å²) in [4.78, 5) is 4.07. The van der Waals surface area contributed by atoms with Gasteiger partial charge in [0.2, 0.25) is 0 Å². The summed E-state index contributed by atoms with van der Waals surface area (Å²) < 4.78 is 34.6. The molecule has 0 bridgehead atoms. The molecule has 8 heteroatoms. The van der Waals surface area contributed by atoms with Crippen LogP contribution in [0.1, 0.15) is 13.3 Å². The molecule has 1 atom stereocenters. The van der Waals surface area contributed by atoms with Crippen molar-refractivity contribution in [2.45, 2.75) is 23.9 Å². The summed E-state index contributed by atoms with van der Waals surface area (Å²) in [5, 5.41) is -0.0266. The quantitative estimate of drug-likeness (QED) is 0.853. The molecule has 0 amide bonds. The highest BCUT2D eigenvalue weighted by molar-refractivity contribution is 7.89. The number of nitrogen functional groups attached to an aromatic ring is 1. The third-order valence-electron chi connectivity index (χ3n) is 3.37. The maximum Gasteiger partial charge on any atom is 0.260 e. The lowest BCUT2D eigenvalue weighted by Gasteiger charge is -2.23. The summed E-state index contributed by atoms with van der Waals surface area (Å²) >= 11 is 0. The minimum atomic E-state index is -3.77. The Bertz CT molecular complexity index is 747. The second-order valence-electron chi connectivity index (χ2n) is 5.20. The van der Waals surface area contributed by atoms with Crippen LogP contribution in [0.3, 0.4) is 0 Å². The molecule has 3 heterocycles. The van der Waals surface area contributed by atoms with E-state index >= 15 is 0 Å². The number of sulfonamides is 1. The van der Waals surface area contributed by atoms with Crippen LogP contribution in [-0.4, -0.2) is 36.6 Å². The van der Waals surface area contributed by atoms with Gasteiger partial charge in [-0.15, -0.1) is 0 Å². The highest BCUT2D eigenvalue weighted by Crippen LogP contribution is 2.24. The van der Waals surface area contributed by atoms with Crippen molar-refractivity contribution in [3.63, 3.8) is 0 Å². The van der Waals surface area contributed by atoms with Crippen LogP contribution in [0.5, 0.6) is 0 Å². The summed E-state index contributed by atoms with van der Waals surface area (Å²) in [6.07, 6.45) is 2.25. The second kappa shape index (κ2) is 4.44. The Balaban J connectivity index is 2.07. The zero-order chi connectivity index (χ0) is 14.4. The van der Waals surface area contributed by atoms with Crippen LogP contribution in [0.4, 0.5) is 5.82 Å². The Hall–Kier alpha value is -1.64. The summed E-state index contributed by atoms with van der Waals surface area (Å²) in [5.74, 6) is -0.00813. The van der Waals surface area contributed by atoms with E-state index in [-0.39, 0.29) is 10.8 Å². The summed E-state index contributed by atoms with van der Waals surface area (Å²) in [6, 6.07) is 5.21. The van der Waals surface area contributed by atoms with Crippen LogP contribution < -0.4 is 10.5 Å². The van der Waals surface area contributed by atoms with Gasteiger partial charge in [-0.25, -0.2) is 18.1 Å². The predicted molar refractivity (Wildman–Crippen MR) is 73.8 cm³/mol. The molecule has 3 N–H and O–H groups in total. The number of anilines is 1. The average Bonchev–Trinajstić information content (AvgIpc) is 2.91. The first-order valence-electron chi connectivity index (χ1n) is 6.26. The largest absolute Gasteiger partial charge is 0.381 e. The molecule has 7 nitrogen and oxygen atoms in total. The third-order valence-corrected chi connectivity index (χ3v) is 5.04. The topological polar surface area (TPSA) is 98.7 Å². The van der Waals surface area contributed by atoms with E-state index in [4.69, 9.17) is 10.5 Å². The normalized spacial score (nSPS) is 23.4. The standard InChI is InChI=1S/C12H16N4O3S/c1-12(5-7-19-8-12)15-20(17,18)11-10(13)14-9-4-2-3-6-16(9)11/h2-4,6,15H,5,7-8,13H2,1H3. The van der Waals surface area contributed by atoms with Gasteiger partial charge in [0, 0.05) is 12.8 Å². The molecule has 1 aliphatic rings. The van der Waals surface area contributed by atoms with E-state index in [2.05, 4.69) is 9.71 Å². The van der Waals surface area contributed by atoms with Gasteiger partial charge in [-0.05, 0) is 25.5 Å². The van der Waals surface area contributed by atoms with Gasteiger partial charge in [0.05, 0.1) is 12.1 Å². The molecule has 0 radical (unpaired) electrons. The number of fused-ring (bicyclic) bond motifs is 1. The van der Waals surface area contributed by atoms with Crippen molar-refractivity contribution in [1.82, 2.24) is 14.1 Å². The number of aromatic nitrogens is 2. The molecular formula is C12H16N4O3S. The van der Waals surface area contributed by atoms with Crippen molar-refractivity contribution < 1.29 is 13.2 Å². The van der Waals surface area contributed by atoms with Crippen LogP contribution in [-0.2, 0) is 14.8 Å². The molecule has 1 fully saturated rings. The van der Waals surface area contributed by atoms with E-state index < -0.39 is 15.6 Å². The van der Waals surface area contributed by atoms with Crippen molar-refractivity contribution in [2.75, 3.05) is 18.9 Å². The number of pyridine rings is 1. The third kappa shape index (κ3) is 2.15. The maximum atomic E-state index is 12.6. The van der Waals surface area contributed by atoms with Gasteiger partial charge in [-0.2, -0.15) is 0 Å². The molecule has 1 saturated heterocycles. The second-order valence-corrected chi connectivity index (χ2v) is 6.80. The zero-order valence-corrected chi connectivity index (χ0v) is 11.9. The molecule has 1 aliphatic heterocycles. The number of rotatable bonds is 3. The molecular weight excluding hydrogens is 280 g/mol. The molecule has 0 saturated carbocycles. The number of nitrogens with zero attached hydrogens (tertiary/aromatic N) is 2. The van der Waals surface area contributed by atoms with Gasteiger partial charge < -0.3 is 10.5 Å². The highest BCUT2D eigenvalue weighted by atomic mass is 32.2. The number of imidazole rings is 1. The van der Waals surface area contributed by atoms with Gasteiger partial charge in [-0.3, -0.25) is 4.40 Å². The summed E-state index contributed by atoms with van der Waals surface area (Å²) in [6.45, 7) is 2.71. The SMILES string of the molecule is CC1(NS(=O)(=O)c2c(N)nc3ccccn23)CCOC1. The zero-order valence-electron chi connectivity index (χ0n) is 11.0. The Morgan fingerprint density at radius 3 is 3.00 bits per heavy atom. The smallest absolute Gasteiger partial charge is 0.260 e. The molecule has 3 rings (SSSR count). The number of nitrogens with two attached hydrogens (primary N) is 1. The monoisotopic (exact) mass is 296 g/mol. The lowest BCUT2D eigenvalue weighted by atomic mass is 10.0. The average molecular weight is 296 g/mol. The molecule has 1 unspecified atom stereocenters. The van der Waals surface area contributed by atoms with Crippen molar-refractivity contribution in [3.05, 3.63) is 24.4 Å². The van der Waals surface area contributed by atoms with Crippen LogP contribution in [0.2, 0.25) is 0 Å². The number of hydrogen-bond donors (Lipinski definition) is 2. The molecule has 20 heavy (non-hydrogen) atoms. The summed E-state index contributed by atoms with van der Waals surface area (Å²) in [7, 11) is -3.77. The van der Waals surface area contributed by atoms with E-state index in [9.17, 15) is 8.42 Å². The van der Waals surface area contributed by atoms with Crippen molar-refractivity contribution in [1.29, 1.82) is 0 Å². The van der Waals surface area contributed by atoms with Crippen molar-refractivity contribution in [3.8, 4) is 0 Å². The lowest BCUT2D eigenvalue weighted by molar-refractivity contribution is 0.178. The summed E-state index contributed by atoms with van der Waals surface area (Å²) in [5.41, 5.74) is 5.67. The van der Waals surface area contributed by atoms with E-state index in [0.717, 1.165) is 0 Å². The molecule has 0 spiro atoms. The van der Waals surface area contributed by atoms with E-state index in [1.807, 2.05) is 6.92 Å². The van der Waals surface area contributed by atoms with E-state index in [1.54, 1.807) is 24.4 Å². The Labute approximate surface area is 116 Å². The van der Waals surface area contributed by atoms with Crippen molar-refractivity contribution in [2.24, 2.45) is 0 Å². The Morgan fingerprint density at radius 1 is 1.50 bits per heavy atom. The fraction of sp³-hybridized carbons (Fsp3) is 0.417. The number of ether oxygens (including phenoxy) is 1. The van der Waals surface area contributed by atoms with Gasteiger partial charge in [0.1, 0.15) is 5.65 Å². The van der Waals surface area contributed by atoms with E-state index in [1.165, 1.54) is 4.40 Å². The van der Waals surface area contributed by atoms with Crippen LogP contribution in [0.15, 0.2) is 29.4 Å². The van der Waals surface area contributed by atoms with Gasteiger partial charge in [0.15, 0.2) is 10.8 Å². The van der Waals surface area contributed by atoms with Crippen LogP contribution in [0, 0.1) is 0 Å². The molecule has 2 aromatic rings. The molecule has 2 aromatic heterocycles. The number of nitrogens with one attached hydrogen (secondary N) is 1. The molecule has 0 aromatic carbocycles. The maximum absolute atomic E-state index is 12.6. The molecule has 108 valence electrons. The van der Waals surface area contributed by atoms with Gasteiger partial charge in [0.25, 0.3) is 10.0 Å². The predicted octanol–water partition coefficient (Wildman–Crippen LogP) is 0.374. The van der Waals surface area contributed by atoms with Crippen LogP contribution in [0.25, 0.3) is 5.65 Å². The molecule has 0 aliphatic carbocycles. The van der Waals surface area contributed by atoms with Crippen LogP contribution >= 0.6 is 0 Å². The first-order chi connectivity index (χ1) is 9.41. The fourth-order valence-electron chi connectivity index (χ4n) is 2.38. The minimum absolute atomic E-state index is 0.00813. The van der Waals surface area contributed by atoms with Crippen molar-refractivity contribution >= 4 is 21.5 Å². The number of hydrogen-bond acceptors (Lipinski definition) is 5. The first kappa shape index (κ1) is 13.3. The van der Waals surface area contributed by atoms with Gasteiger partial charge in [-0.1, -0.05) is 6.07 Å². The minimum Gasteiger partial charge on any atom is -0.381 e. The lowest BCUT2D eigenvalue weighted by Crippen LogP contribution is -2.46. The van der Waals surface area contributed by atoms with Gasteiger partial charge >= 0.3 is 0 Å².